The Balaban J connectivity index is 1.62. The van der Waals surface area contributed by atoms with Crippen molar-refractivity contribution in [2.24, 2.45) is 0 Å². The molecule has 114 valence electrons. The fourth-order valence-corrected chi connectivity index (χ4v) is 3.69. The molecule has 3 aromatic rings. The van der Waals surface area contributed by atoms with Crippen LogP contribution in [0, 0.1) is 0 Å². The molecule has 8 heteroatoms. The molecule has 0 atom stereocenters. The van der Waals surface area contributed by atoms with E-state index in [2.05, 4.69) is 37.2 Å². The summed E-state index contributed by atoms with van der Waals surface area (Å²) >= 11 is 1.74. The minimum absolute atomic E-state index is 0.455. The van der Waals surface area contributed by atoms with Gasteiger partial charge in [0.2, 0.25) is 0 Å². The van der Waals surface area contributed by atoms with Gasteiger partial charge in [-0.25, -0.2) is 9.97 Å². The SMILES string of the molecule is Nc1ncnc2n[nH]c(-c3ccc(CN4CCOCC4)s3)c12. The number of hydrogen-bond acceptors (Lipinski definition) is 7. The Bertz CT molecular complexity index is 792. The number of rotatable bonds is 3. The lowest BCUT2D eigenvalue weighted by atomic mass is 10.2. The number of morpholine rings is 1. The van der Waals surface area contributed by atoms with Crippen LogP contribution in [0.4, 0.5) is 5.82 Å². The summed E-state index contributed by atoms with van der Waals surface area (Å²) in [5.41, 5.74) is 7.46. The van der Waals surface area contributed by atoms with Gasteiger partial charge in [0.1, 0.15) is 12.1 Å². The van der Waals surface area contributed by atoms with Crippen molar-refractivity contribution >= 4 is 28.2 Å². The third kappa shape index (κ3) is 2.45. The van der Waals surface area contributed by atoms with Crippen LogP contribution in [0.1, 0.15) is 4.88 Å². The van der Waals surface area contributed by atoms with E-state index in [4.69, 9.17) is 10.5 Å². The largest absolute Gasteiger partial charge is 0.383 e. The van der Waals surface area contributed by atoms with Gasteiger partial charge in [-0.05, 0) is 12.1 Å². The molecule has 1 saturated heterocycles. The van der Waals surface area contributed by atoms with Crippen LogP contribution in [0.15, 0.2) is 18.5 Å². The molecule has 22 heavy (non-hydrogen) atoms. The molecule has 4 heterocycles. The van der Waals surface area contributed by atoms with E-state index in [1.165, 1.54) is 11.2 Å². The molecule has 0 unspecified atom stereocenters. The zero-order valence-corrected chi connectivity index (χ0v) is 12.8. The average Bonchev–Trinajstić information content (AvgIpc) is 3.15. The lowest BCUT2D eigenvalue weighted by Gasteiger charge is -2.25. The number of aromatic nitrogens is 4. The number of hydrogen-bond donors (Lipinski definition) is 2. The molecule has 0 spiro atoms. The van der Waals surface area contributed by atoms with E-state index < -0.39 is 0 Å². The van der Waals surface area contributed by atoms with Crippen LogP contribution in [0.3, 0.4) is 0 Å². The molecular weight excluding hydrogens is 300 g/mol. The molecule has 1 aliphatic rings. The van der Waals surface area contributed by atoms with Gasteiger partial charge in [0.15, 0.2) is 5.65 Å². The second kappa shape index (κ2) is 5.64. The third-order valence-electron chi connectivity index (χ3n) is 3.77. The Morgan fingerprint density at radius 3 is 3.00 bits per heavy atom. The van der Waals surface area contributed by atoms with E-state index >= 15 is 0 Å². The highest BCUT2D eigenvalue weighted by Gasteiger charge is 2.16. The van der Waals surface area contributed by atoms with Gasteiger partial charge in [0.05, 0.1) is 29.2 Å². The van der Waals surface area contributed by atoms with Crippen LogP contribution < -0.4 is 5.73 Å². The van der Waals surface area contributed by atoms with Gasteiger partial charge in [-0.1, -0.05) is 0 Å². The first-order valence-electron chi connectivity index (χ1n) is 7.15. The van der Waals surface area contributed by atoms with Crippen molar-refractivity contribution in [2.75, 3.05) is 32.0 Å². The van der Waals surface area contributed by atoms with Gasteiger partial charge in [-0.2, -0.15) is 5.10 Å². The van der Waals surface area contributed by atoms with E-state index in [-0.39, 0.29) is 0 Å². The Hall–Kier alpha value is -2.03. The standard InChI is InChI=1S/C14H16N6OS/c15-13-11-12(18-19-14(11)17-8-16-13)10-2-1-9(22-10)7-20-3-5-21-6-4-20/h1-2,8H,3-7H2,(H3,15,16,17,18,19). The fraction of sp³-hybridized carbons (Fsp3) is 0.357. The van der Waals surface area contributed by atoms with Gasteiger partial charge >= 0.3 is 0 Å². The molecule has 0 aliphatic carbocycles. The first kappa shape index (κ1) is 13.6. The maximum absolute atomic E-state index is 5.97. The van der Waals surface area contributed by atoms with E-state index in [0.29, 0.717) is 11.5 Å². The highest BCUT2D eigenvalue weighted by Crippen LogP contribution is 2.33. The van der Waals surface area contributed by atoms with Crippen LogP contribution in [-0.4, -0.2) is 51.4 Å². The zero-order chi connectivity index (χ0) is 14.9. The van der Waals surface area contributed by atoms with Gasteiger partial charge in [0, 0.05) is 24.5 Å². The van der Waals surface area contributed by atoms with E-state index in [1.807, 2.05) is 0 Å². The molecule has 0 amide bonds. The van der Waals surface area contributed by atoms with Crippen molar-refractivity contribution in [1.29, 1.82) is 0 Å². The average molecular weight is 316 g/mol. The van der Waals surface area contributed by atoms with E-state index in [0.717, 1.165) is 48.8 Å². The number of thiophene rings is 1. The summed E-state index contributed by atoms with van der Waals surface area (Å²) < 4.78 is 5.38. The lowest BCUT2D eigenvalue weighted by molar-refractivity contribution is 0.0346. The molecule has 0 saturated carbocycles. The van der Waals surface area contributed by atoms with Gasteiger partial charge in [-0.15, -0.1) is 11.3 Å². The van der Waals surface area contributed by atoms with Gasteiger partial charge in [-0.3, -0.25) is 10.00 Å². The van der Waals surface area contributed by atoms with Crippen LogP contribution >= 0.6 is 11.3 Å². The van der Waals surface area contributed by atoms with Gasteiger partial charge in [0.25, 0.3) is 0 Å². The third-order valence-corrected chi connectivity index (χ3v) is 4.86. The minimum atomic E-state index is 0.455. The number of nitrogens with one attached hydrogen (secondary N) is 1. The second-order valence-corrected chi connectivity index (χ2v) is 6.38. The Morgan fingerprint density at radius 2 is 2.14 bits per heavy atom. The smallest absolute Gasteiger partial charge is 0.186 e. The normalized spacial score (nSPS) is 16.4. The summed E-state index contributed by atoms with van der Waals surface area (Å²) in [6.45, 7) is 4.56. The first-order valence-corrected chi connectivity index (χ1v) is 7.96. The summed E-state index contributed by atoms with van der Waals surface area (Å²) in [4.78, 5) is 13.0. The van der Waals surface area contributed by atoms with Crippen molar-refractivity contribution in [2.45, 2.75) is 6.54 Å². The van der Waals surface area contributed by atoms with Crippen molar-refractivity contribution < 1.29 is 4.74 Å². The number of ether oxygens (including phenoxy) is 1. The Kier molecular flexibility index (Phi) is 3.49. The predicted octanol–water partition coefficient (Wildman–Crippen LogP) is 1.50. The number of fused-ring (bicyclic) bond motifs is 1. The number of aromatic amines is 1. The highest BCUT2D eigenvalue weighted by atomic mass is 32.1. The molecular formula is C14H16N6OS. The number of nitrogen functional groups attached to an aromatic ring is 1. The van der Waals surface area contributed by atoms with Crippen LogP contribution in [0.25, 0.3) is 21.6 Å². The monoisotopic (exact) mass is 316 g/mol. The van der Waals surface area contributed by atoms with Crippen molar-refractivity contribution in [3.63, 3.8) is 0 Å². The minimum Gasteiger partial charge on any atom is -0.383 e. The van der Waals surface area contributed by atoms with Gasteiger partial charge < -0.3 is 10.5 Å². The van der Waals surface area contributed by atoms with E-state index in [1.54, 1.807) is 11.3 Å². The van der Waals surface area contributed by atoms with Crippen LogP contribution in [-0.2, 0) is 11.3 Å². The maximum Gasteiger partial charge on any atom is 0.186 e. The molecule has 3 aromatic heterocycles. The van der Waals surface area contributed by atoms with Crippen molar-refractivity contribution in [1.82, 2.24) is 25.1 Å². The lowest BCUT2D eigenvalue weighted by Crippen LogP contribution is -2.35. The molecule has 4 rings (SSSR count). The molecule has 1 fully saturated rings. The Morgan fingerprint density at radius 1 is 1.27 bits per heavy atom. The molecule has 0 aromatic carbocycles. The summed E-state index contributed by atoms with van der Waals surface area (Å²) in [6, 6.07) is 4.25. The fourth-order valence-electron chi connectivity index (χ4n) is 2.63. The summed E-state index contributed by atoms with van der Waals surface area (Å²) in [7, 11) is 0. The first-order chi connectivity index (χ1) is 10.8. The van der Waals surface area contributed by atoms with Crippen molar-refractivity contribution in [3.05, 3.63) is 23.3 Å². The molecule has 1 aliphatic heterocycles. The second-order valence-electron chi connectivity index (χ2n) is 5.21. The quantitative estimate of drug-likeness (QED) is 0.760. The number of nitrogens with zero attached hydrogens (tertiary/aromatic N) is 4. The summed E-state index contributed by atoms with van der Waals surface area (Å²) in [6.07, 6.45) is 1.43. The maximum atomic E-state index is 5.97. The zero-order valence-electron chi connectivity index (χ0n) is 12.0. The van der Waals surface area contributed by atoms with E-state index in [9.17, 15) is 0 Å². The predicted molar refractivity (Wildman–Crippen MR) is 85.5 cm³/mol. The number of H-pyrrole nitrogens is 1. The van der Waals surface area contributed by atoms with Crippen LogP contribution in [0.5, 0.6) is 0 Å². The molecule has 3 N–H and O–H groups in total. The highest BCUT2D eigenvalue weighted by molar-refractivity contribution is 7.15. The number of anilines is 1. The van der Waals surface area contributed by atoms with Crippen LogP contribution in [0.2, 0.25) is 0 Å². The Labute approximate surface area is 131 Å². The topological polar surface area (TPSA) is 92.9 Å². The van der Waals surface area contributed by atoms with Crippen molar-refractivity contribution in [3.8, 4) is 10.6 Å². The molecule has 7 nitrogen and oxygen atoms in total. The molecule has 0 radical (unpaired) electrons. The number of nitrogens with two attached hydrogens (primary N) is 1. The molecule has 0 bridgehead atoms. The summed E-state index contributed by atoms with van der Waals surface area (Å²) in [5.74, 6) is 0.455. The summed E-state index contributed by atoms with van der Waals surface area (Å²) in [5, 5.41) is 8.03.